The number of aromatic nitrogens is 2. The molecule has 0 radical (unpaired) electrons. The Kier molecular flexibility index (Phi) is 6.45. The molecule has 5 rings (SSSR count). The fourth-order valence-corrected chi connectivity index (χ4v) is 4.54. The summed E-state index contributed by atoms with van der Waals surface area (Å²) in [4.78, 5) is 42.8. The van der Waals surface area contributed by atoms with E-state index in [0.29, 0.717) is 29.7 Å². The average Bonchev–Trinajstić information content (AvgIpc) is 3.39. The van der Waals surface area contributed by atoms with E-state index in [1.54, 1.807) is 36.5 Å². The summed E-state index contributed by atoms with van der Waals surface area (Å²) in [5.74, 6) is -0.891. The highest BCUT2D eigenvalue weighted by molar-refractivity contribution is 6.21. The number of rotatable bonds is 8. The molecule has 0 spiro atoms. The predicted molar refractivity (Wildman–Crippen MR) is 137 cm³/mol. The van der Waals surface area contributed by atoms with Crippen molar-refractivity contribution in [3.8, 4) is 0 Å². The lowest BCUT2D eigenvalue weighted by molar-refractivity contribution is 0.0598. The third-order valence-corrected chi connectivity index (χ3v) is 6.39. The molecular formula is C29H25N3O4. The number of methoxy groups -OCH3 is 1. The number of carbonyl (C=O) groups is 3. The second-order valence-corrected chi connectivity index (χ2v) is 8.61. The zero-order valence-electron chi connectivity index (χ0n) is 19.9. The summed E-state index contributed by atoms with van der Waals surface area (Å²) in [6.45, 7) is 1.05. The summed E-state index contributed by atoms with van der Waals surface area (Å²) in [5.41, 5.74) is 4.49. The molecule has 2 aromatic carbocycles. The van der Waals surface area contributed by atoms with Crippen LogP contribution in [0.5, 0.6) is 0 Å². The number of hydrogen-bond acceptors (Lipinski definition) is 5. The number of imide groups is 1. The molecule has 0 saturated heterocycles. The lowest BCUT2D eigenvalue weighted by atomic mass is 10.1. The van der Waals surface area contributed by atoms with Crippen molar-refractivity contribution in [1.82, 2.24) is 14.5 Å². The number of ether oxygens (including phenoxy) is 1. The number of benzene rings is 2. The molecule has 0 aliphatic carbocycles. The molecule has 180 valence electrons. The molecule has 2 amide bonds. The van der Waals surface area contributed by atoms with Crippen molar-refractivity contribution < 1.29 is 19.1 Å². The van der Waals surface area contributed by atoms with E-state index in [2.05, 4.69) is 15.7 Å². The second kappa shape index (κ2) is 10.00. The monoisotopic (exact) mass is 479 g/mol. The highest BCUT2D eigenvalue weighted by Crippen LogP contribution is 2.26. The van der Waals surface area contributed by atoms with Crippen molar-refractivity contribution in [2.24, 2.45) is 0 Å². The van der Waals surface area contributed by atoms with Crippen LogP contribution in [0.25, 0.3) is 17.0 Å². The summed E-state index contributed by atoms with van der Waals surface area (Å²) in [6, 6.07) is 16.4. The standard InChI is InChI=1S/C29H25N3O4/c1-36-29(35)21-11-12-26-25(17-21)22(19-31(26)16-13-20-7-6-14-30-18-20)8-4-5-15-32-27(33)23-9-2-3-10-24(23)28(32)34/h2-4,6-12,14,17-19H,5,13,15-16H2,1H3. The summed E-state index contributed by atoms with van der Waals surface area (Å²) in [7, 11) is 1.37. The normalized spacial score (nSPS) is 13.1. The molecule has 36 heavy (non-hydrogen) atoms. The SMILES string of the molecule is COC(=O)c1ccc2c(c1)c(C=CCCN1C(=O)c3ccccc3C1=O)cn2CCc1cccnc1. The van der Waals surface area contributed by atoms with Gasteiger partial charge >= 0.3 is 5.97 Å². The molecule has 2 aromatic heterocycles. The van der Waals surface area contributed by atoms with Gasteiger partial charge in [0.15, 0.2) is 0 Å². The zero-order chi connectivity index (χ0) is 25.1. The largest absolute Gasteiger partial charge is 0.465 e. The minimum atomic E-state index is -0.388. The molecule has 0 bridgehead atoms. The van der Waals surface area contributed by atoms with E-state index in [1.807, 2.05) is 42.6 Å². The van der Waals surface area contributed by atoms with Crippen LogP contribution in [-0.2, 0) is 17.7 Å². The van der Waals surface area contributed by atoms with E-state index >= 15 is 0 Å². The topological polar surface area (TPSA) is 81.5 Å². The van der Waals surface area contributed by atoms with Gasteiger partial charge in [0.05, 0.1) is 23.8 Å². The van der Waals surface area contributed by atoms with E-state index < -0.39 is 0 Å². The van der Waals surface area contributed by atoms with Crippen LogP contribution >= 0.6 is 0 Å². The summed E-state index contributed by atoms with van der Waals surface area (Å²) >= 11 is 0. The Hall–Kier alpha value is -4.52. The summed E-state index contributed by atoms with van der Waals surface area (Å²) < 4.78 is 7.06. The van der Waals surface area contributed by atoms with Gasteiger partial charge < -0.3 is 9.30 Å². The van der Waals surface area contributed by atoms with Crippen molar-refractivity contribution in [3.05, 3.63) is 107 Å². The number of carbonyl (C=O) groups excluding carboxylic acids is 3. The lowest BCUT2D eigenvalue weighted by Gasteiger charge is -2.11. The van der Waals surface area contributed by atoms with Crippen molar-refractivity contribution in [1.29, 1.82) is 0 Å². The Morgan fingerprint density at radius 1 is 1.00 bits per heavy atom. The van der Waals surface area contributed by atoms with E-state index in [-0.39, 0.29) is 17.8 Å². The van der Waals surface area contributed by atoms with E-state index in [9.17, 15) is 14.4 Å². The first kappa shape index (κ1) is 23.2. The van der Waals surface area contributed by atoms with Crippen molar-refractivity contribution in [3.63, 3.8) is 0 Å². The van der Waals surface area contributed by atoms with Gasteiger partial charge in [-0.3, -0.25) is 19.5 Å². The highest BCUT2D eigenvalue weighted by atomic mass is 16.5. The van der Waals surface area contributed by atoms with Crippen LogP contribution in [0.1, 0.15) is 48.6 Å². The van der Waals surface area contributed by atoms with Crippen molar-refractivity contribution in [2.75, 3.05) is 13.7 Å². The molecule has 0 atom stereocenters. The van der Waals surface area contributed by atoms with Gasteiger partial charge in [-0.2, -0.15) is 0 Å². The van der Waals surface area contributed by atoms with E-state index in [4.69, 9.17) is 4.74 Å². The highest BCUT2D eigenvalue weighted by Gasteiger charge is 2.34. The molecule has 7 nitrogen and oxygen atoms in total. The van der Waals surface area contributed by atoms with Gasteiger partial charge in [0.2, 0.25) is 0 Å². The fourth-order valence-electron chi connectivity index (χ4n) is 4.54. The van der Waals surface area contributed by atoms with Crippen LogP contribution in [0.2, 0.25) is 0 Å². The third kappa shape index (κ3) is 4.43. The van der Waals surface area contributed by atoms with Crippen LogP contribution < -0.4 is 0 Å². The maximum absolute atomic E-state index is 12.6. The van der Waals surface area contributed by atoms with Gasteiger partial charge in [-0.05, 0) is 60.4 Å². The smallest absolute Gasteiger partial charge is 0.337 e. The Morgan fingerprint density at radius 2 is 1.78 bits per heavy atom. The second-order valence-electron chi connectivity index (χ2n) is 8.61. The average molecular weight is 480 g/mol. The number of fused-ring (bicyclic) bond motifs is 2. The number of amides is 2. The predicted octanol–water partition coefficient (Wildman–Crippen LogP) is 4.77. The Labute approximate surface area is 208 Å². The Morgan fingerprint density at radius 3 is 2.47 bits per heavy atom. The zero-order valence-corrected chi connectivity index (χ0v) is 19.9. The van der Waals surface area contributed by atoms with Crippen molar-refractivity contribution in [2.45, 2.75) is 19.4 Å². The number of esters is 1. The van der Waals surface area contributed by atoms with Crippen LogP contribution in [-0.4, -0.2) is 45.9 Å². The van der Waals surface area contributed by atoms with Crippen LogP contribution in [0.15, 0.2) is 79.3 Å². The molecule has 0 fully saturated rings. The van der Waals surface area contributed by atoms with Gasteiger partial charge in [-0.1, -0.05) is 30.4 Å². The van der Waals surface area contributed by atoms with Crippen LogP contribution in [0.3, 0.4) is 0 Å². The maximum atomic E-state index is 12.6. The quantitative estimate of drug-likeness (QED) is 0.269. The lowest BCUT2D eigenvalue weighted by Crippen LogP contribution is -2.30. The van der Waals surface area contributed by atoms with E-state index in [0.717, 1.165) is 35.0 Å². The number of hydrogen-bond donors (Lipinski definition) is 0. The van der Waals surface area contributed by atoms with Crippen molar-refractivity contribution >= 4 is 34.8 Å². The molecule has 3 heterocycles. The first-order valence-electron chi connectivity index (χ1n) is 11.8. The summed E-state index contributed by atoms with van der Waals surface area (Å²) in [6.07, 6.45) is 10.9. The maximum Gasteiger partial charge on any atom is 0.337 e. The minimum absolute atomic E-state index is 0.251. The molecule has 7 heteroatoms. The molecule has 0 saturated carbocycles. The molecular weight excluding hydrogens is 454 g/mol. The fraction of sp³-hybridized carbons (Fsp3) is 0.172. The Balaban J connectivity index is 1.36. The van der Waals surface area contributed by atoms with Gasteiger partial charge in [0.25, 0.3) is 11.8 Å². The van der Waals surface area contributed by atoms with Gasteiger partial charge in [0, 0.05) is 42.6 Å². The molecule has 4 aromatic rings. The van der Waals surface area contributed by atoms with Gasteiger partial charge in [-0.25, -0.2) is 4.79 Å². The third-order valence-electron chi connectivity index (χ3n) is 6.39. The minimum Gasteiger partial charge on any atom is -0.465 e. The Bertz CT molecular complexity index is 1450. The first-order valence-corrected chi connectivity index (χ1v) is 11.8. The van der Waals surface area contributed by atoms with E-state index in [1.165, 1.54) is 12.0 Å². The summed E-state index contributed by atoms with van der Waals surface area (Å²) in [5, 5.41) is 0.932. The molecule has 0 N–H and O–H groups in total. The number of aryl methyl sites for hydroxylation is 2. The van der Waals surface area contributed by atoms with Gasteiger partial charge in [0.1, 0.15) is 0 Å². The number of pyridine rings is 1. The van der Waals surface area contributed by atoms with Gasteiger partial charge in [-0.15, -0.1) is 0 Å². The first-order chi connectivity index (χ1) is 17.6. The number of nitrogens with zero attached hydrogens (tertiary/aromatic N) is 3. The molecule has 1 aliphatic heterocycles. The van der Waals surface area contributed by atoms with Crippen LogP contribution in [0.4, 0.5) is 0 Å². The molecule has 0 unspecified atom stereocenters. The van der Waals surface area contributed by atoms with Crippen LogP contribution in [0, 0.1) is 0 Å². The molecule has 1 aliphatic rings.